The second-order valence-corrected chi connectivity index (χ2v) is 2.38. The van der Waals surface area contributed by atoms with Gasteiger partial charge in [-0.3, -0.25) is 4.79 Å². The fraction of sp³-hybridized carbons (Fsp3) is 0.125. The number of carbonyl (C=O) groups is 1. The number of carbonyl (C=O) groups excluding carboxylic acids is 1. The van der Waals surface area contributed by atoms with Crippen molar-refractivity contribution in [1.82, 2.24) is 0 Å². The van der Waals surface area contributed by atoms with Gasteiger partial charge in [-0.25, -0.2) is 0 Å². The van der Waals surface area contributed by atoms with Crippen LogP contribution in [-0.4, -0.2) is 5.91 Å². The summed E-state index contributed by atoms with van der Waals surface area (Å²) in [6.45, 7) is 0. The molecule has 1 N–H and O–H groups in total. The summed E-state index contributed by atoms with van der Waals surface area (Å²) in [5.74, 6) is 0.0983. The molecule has 0 saturated heterocycles. The van der Waals surface area contributed by atoms with Crippen molar-refractivity contribution >= 4 is 11.6 Å². The molecule has 0 aliphatic carbocycles. The summed E-state index contributed by atoms with van der Waals surface area (Å²) in [6, 6.07) is 7.75. The molecule has 0 radical (unpaired) electrons. The number of amides is 1. The first-order chi connectivity index (χ1) is 4.86. The Hall–Kier alpha value is -0.791. The van der Waals surface area contributed by atoms with Crippen molar-refractivity contribution in [3.05, 3.63) is 29.8 Å². The molecule has 0 atom stereocenters. The number of anilines is 1. The Morgan fingerprint density at radius 3 is 2.73 bits per heavy atom. The van der Waals surface area contributed by atoms with Gasteiger partial charge in [0.2, 0.25) is 5.91 Å². The number of para-hydroxylation sites is 1. The molecular formula is C8H7FeNO. The van der Waals surface area contributed by atoms with Gasteiger partial charge in [0.05, 0.1) is 6.42 Å². The van der Waals surface area contributed by atoms with Gasteiger partial charge < -0.3 is 5.32 Å². The van der Waals surface area contributed by atoms with E-state index >= 15 is 0 Å². The van der Waals surface area contributed by atoms with Gasteiger partial charge in [0.1, 0.15) is 0 Å². The summed E-state index contributed by atoms with van der Waals surface area (Å²) in [5.41, 5.74) is 2.07. The first kappa shape index (κ1) is 8.31. The Morgan fingerprint density at radius 1 is 1.27 bits per heavy atom. The van der Waals surface area contributed by atoms with Crippen molar-refractivity contribution in [3.63, 3.8) is 0 Å². The minimum atomic E-state index is 0. The van der Waals surface area contributed by atoms with E-state index in [-0.39, 0.29) is 23.0 Å². The summed E-state index contributed by atoms with van der Waals surface area (Å²) in [6.07, 6.45) is 0.538. The number of rotatable bonds is 0. The quantitative estimate of drug-likeness (QED) is 0.610. The van der Waals surface area contributed by atoms with Crippen LogP contribution < -0.4 is 5.32 Å². The Bertz CT molecular complexity index is 258. The predicted molar refractivity (Wildman–Crippen MR) is 38.8 cm³/mol. The Kier molecular flexibility index (Phi) is 2.32. The van der Waals surface area contributed by atoms with Gasteiger partial charge in [-0.2, -0.15) is 0 Å². The number of nitrogens with one attached hydrogen (secondary N) is 1. The molecule has 2 nitrogen and oxygen atoms in total. The summed E-state index contributed by atoms with van der Waals surface area (Å²) in [4.78, 5) is 10.8. The average Bonchev–Trinajstić information content (AvgIpc) is 2.27. The van der Waals surface area contributed by atoms with E-state index in [2.05, 4.69) is 5.32 Å². The minimum absolute atomic E-state index is 0. The van der Waals surface area contributed by atoms with Crippen molar-refractivity contribution in [2.45, 2.75) is 6.42 Å². The van der Waals surface area contributed by atoms with Crippen molar-refractivity contribution < 1.29 is 21.9 Å². The third-order valence-corrected chi connectivity index (χ3v) is 1.64. The zero-order chi connectivity index (χ0) is 6.97. The molecule has 0 unspecified atom stereocenters. The van der Waals surface area contributed by atoms with E-state index < -0.39 is 0 Å². The molecule has 0 saturated carbocycles. The Balaban J connectivity index is 0.000000605. The van der Waals surface area contributed by atoms with E-state index in [4.69, 9.17) is 0 Å². The second-order valence-electron chi connectivity index (χ2n) is 2.38. The molecule has 58 valence electrons. The van der Waals surface area contributed by atoms with Crippen LogP contribution in [0, 0.1) is 0 Å². The summed E-state index contributed by atoms with van der Waals surface area (Å²) >= 11 is 0. The molecule has 0 spiro atoms. The van der Waals surface area contributed by atoms with E-state index in [0.717, 1.165) is 11.3 Å². The molecule has 0 aromatic heterocycles. The molecule has 0 bridgehead atoms. The van der Waals surface area contributed by atoms with E-state index in [9.17, 15) is 4.79 Å². The van der Waals surface area contributed by atoms with Gasteiger partial charge >= 0.3 is 0 Å². The van der Waals surface area contributed by atoms with Crippen molar-refractivity contribution in [2.75, 3.05) is 5.32 Å². The third kappa shape index (κ3) is 1.44. The molecule has 0 fully saturated rings. The molecule has 1 aromatic carbocycles. The van der Waals surface area contributed by atoms with Crippen molar-refractivity contribution in [2.24, 2.45) is 0 Å². The zero-order valence-corrected chi connectivity index (χ0v) is 6.88. The number of benzene rings is 1. The molecule has 1 aromatic rings. The monoisotopic (exact) mass is 189 g/mol. The van der Waals surface area contributed by atoms with Crippen LogP contribution in [0.1, 0.15) is 5.56 Å². The van der Waals surface area contributed by atoms with Crippen LogP contribution in [-0.2, 0) is 28.3 Å². The van der Waals surface area contributed by atoms with Gasteiger partial charge in [0.25, 0.3) is 0 Å². The van der Waals surface area contributed by atoms with E-state index in [1.54, 1.807) is 0 Å². The average molecular weight is 189 g/mol. The van der Waals surface area contributed by atoms with Crippen molar-refractivity contribution in [1.29, 1.82) is 0 Å². The zero-order valence-electron chi connectivity index (χ0n) is 5.78. The summed E-state index contributed by atoms with van der Waals surface area (Å²) in [5, 5.41) is 2.76. The molecule has 1 aliphatic heterocycles. The van der Waals surface area contributed by atoms with Crippen LogP contribution in [0.3, 0.4) is 0 Å². The molecule has 1 aliphatic rings. The van der Waals surface area contributed by atoms with Crippen LogP contribution >= 0.6 is 0 Å². The maximum absolute atomic E-state index is 10.8. The largest absolute Gasteiger partial charge is 0.326 e. The van der Waals surface area contributed by atoms with E-state index in [0.29, 0.717) is 6.42 Å². The van der Waals surface area contributed by atoms with Crippen LogP contribution in [0.4, 0.5) is 5.69 Å². The smallest absolute Gasteiger partial charge is 0.228 e. The third-order valence-electron chi connectivity index (χ3n) is 1.64. The number of hydrogen-bond acceptors (Lipinski definition) is 1. The van der Waals surface area contributed by atoms with E-state index in [1.807, 2.05) is 24.3 Å². The first-order valence-electron chi connectivity index (χ1n) is 3.24. The van der Waals surface area contributed by atoms with Crippen LogP contribution in [0.5, 0.6) is 0 Å². The van der Waals surface area contributed by atoms with Gasteiger partial charge in [-0.05, 0) is 11.6 Å². The molecule has 11 heavy (non-hydrogen) atoms. The topological polar surface area (TPSA) is 29.1 Å². The Labute approximate surface area is 75.5 Å². The maximum Gasteiger partial charge on any atom is 0.228 e. The van der Waals surface area contributed by atoms with E-state index in [1.165, 1.54) is 0 Å². The van der Waals surface area contributed by atoms with Crippen LogP contribution in [0.15, 0.2) is 24.3 Å². The minimum Gasteiger partial charge on any atom is -0.326 e. The van der Waals surface area contributed by atoms with Gasteiger partial charge in [0.15, 0.2) is 0 Å². The fourth-order valence-electron chi connectivity index (χ4n) is 1.16. The fourth-order valence-corrected chi connectivity index (χ4v) is 1.16. The predicted octanol–water partition coefficient (Wildman–Crippen LogP) is 1.18. The van der Waals surface area contributed by atoms with Crippen LogP contribution in [0.25, 0.3) is 0 Å². The van der Waals surface area contributed by atoms with Gasteiger partial charge in [-0.15, -0.1) is 0 Å². The molecular weight excluding hydrogens is 182 g/mol. The SMILES string of the molecule is O=C1Cc2ccccc2N1.[Fe]. The normalized spacial score (nSPS) is 13.3. The number of fused-ring (bicyclic) bond motifs is 1. The molecule has 3 heteroatoms. The summed E-state index contributed by atoms with van der Waals surface area (Å²) < 4.78 is 0. The standard InChI is InChI=1S/C8H7NO.Fe/c10-8-5-6-3-1-2-4-7(6)9-8;/h1-4H,5H2,(H,9,10);. The number of hydrogen-bond donors (Lipinski definition) is 1. The maximum atomic E-state index is 10.8. The molecule has 1 amide bonds. The Morgan fingerprint density at radius 2 is 2.00 bits per heavy atom. The first-order valence-corrected chi connectivity index (χ1v) is 3.24. The van der Waals surface area contributed by atoms with Gasteiger partial charge in [-0.1, -0.05) is 18.2 Å². The van der Waals surface area contributed by atoms with Crippen molar-refractivity contribution in [3.8, 4) is 0 Å². The summed E-state index contributed by atoms with van der Waals surface area (Å²) in [7, 11) is 0. The second kappa shape index (κ2) is 3.07. The molecule has 1 heterocycles. The molecule has 2 rings (SSSR count). The van der Waals surface area contributed by atoms with Gasteiger partial charge in [0, 0.05) is 22.8 Å². The van der Waals surface area contributed by atoms with Crippen LogP contribution in [0.2, 0.25) is 0 Å².